The van der Waals surface area contributed by atoms with Crippen LogP contribution in [0.25, 0.3) is 0 Å². The molecule has 1 aromatic heterocycles. The van der Waals surface area contributed by atoms with Crippen molar-refractivity contribution >= 4 is 11.6 Å². The Bertz CT molecular complexity index is 660. The van der Waals surface area contributed by atoms with Crippen molar-refractivity contribution in [2.45, 2.75) is 32.2 Å². The van der Waals surface area contributed by atoms with Crippen molar-refractivity contribution in [3.8, 4) is 0 Å². The number of aromatic nitrogens is 1. The second kappa shape index (κ2) is 7.01. The van der Waals surface area contributed by atoms with Crippen LogP contribution in [0.2, 0.25) is 0 Å². The summed E-state index contributed by atoms with van der Waals surface area (Å²) in [5, 5.41) is 3.03. The maximum Gasteiger partial charge on any atom is 0.279 e. The highest BCUT2D eigenvalue weighted by Gasteiger charge is 2.32. The molecule has 23 heavy (non-hydrogen) atoms. The molecule has 0 radical (unpaired) electrons. The minimum Gasteiger partial charge on any atom is -0.350 e. The monoisotopic (exact) mass is 312 g/mol. The molecule has 1 aliphatic heterocycles. The van der Waals surface area contributed by atoms with Gasteiger partial charge in [-0.25, -0.2) is 0 Å². The van der Waals surface area contributed by atoms with Gasteiger partial charge in [0.1, 0.15) is 6.04 Å². The first kappa shape index (κ1) is 15.8. The van der Waals surface area contributed by atoms with E-state index in [1.165, 1.54) is 22.6 Å². The number of carbonyl (C=O) groups excluding carboxylic acids is 1. The molecule has 0 bridgehead atoms. The average molecular weight is 312 g/mol. The Balaban J connectivity index is 1.61. The van der Waals surface area contributed by atoms with E-state index < -0.39 is 0 Å². The van der Waals surface area contributed by atoms with Crippen LogP contribution in [0, 0.1) is 0 Å². The van der Waals surface area contributed by atoms with Gasteiger partial charge in [0.05, 0.1) is 12.2 Å². The van der Waals surface area contributed by atoms with Gasteiger partial charge < -0.3 is 14.8 Å². The molecule has 122 valence electrons. The van der Waals surface area contributed by atoms with E-state index in [0.717, 1.165) is 25.1 Å². The SMILES string of the molecule is CCc1ccc(NC(=O)C[NH+]2CCC[C@@H]2c2cccn2C)cc1. The molecule has 4 heteroatoms. The van der Waals surface area contributed by atoms with Crippen molar-refractivity contribution in [1.29, 1.82) is 0 Å². The molecule has 2 aromatic rings. The molecule has 1 amide bonds. The van der Waals surface area contributed by atoms with Gasteiger partial charge >= 0.3 is 0 Å². The van der Waals surface area contributed by atoms with Gasteiger partial charge in [-0.2, -0.15) is 0 Å². The lowest BCUT2D eigenvalue weighted by molar-refractivity contribution is -0.910. The first-order chi connectivity index (χ1) is 11.2. The molecule has 0 saturated carbocycles. The van der Waals surface area contributed by atoms with Crippen LogP contribution >= 0.6 is 0 Å². The fourth-order valence-corrected chi connectivity index (χ4v) is 3.55. The molecule has 0 spiro atoms. The highest BCUT2D eigenvalue weighted by molar-refractivity contribution is 5.91. The standard InChI is InChI=1S/C19H25N3O/c1-3-15-8-10-16(11-9-15)20-19(23)14-22-13-5-7-18(22)17-6-4-12-21(17)2/h4,6,8-12,18H,3,5,7,13-14H2,1-2H3,(H,20,23)/p+1/t18-/m1/s1. The Morgan fingerprint density at radius 2 is 2.09 bits per heavy atom. The van der Waals surface area contributed by atoms with Gasteiger partial charge in [0.15, 0.2) is 6.54 Å². The number of hydrogen-bond donors (Lipinski definition) is 2. The van der Waals surface area contributed by atoms with Crippen LogP contribution in [-0.4, -0.2) is 23.6 Å². The summed E-state index contributed by atoms with van der Waals surface area (Å²) in [6.07, 6.45) is 5.44. The second-order valence-electron chi connectivity index (χ2n) is 6.42. The van der Waals surface area contributed by atoms with Crippen LogP contribution in [0.1, 0.15) is 37.1 Å². The van der Waals surface area contributed by atoms with Crippen LogP contribution in [-0.2, 0) is 18.3 Å². The molecule has 2 N–H and O–H groups in total. The molecule has 4 nitrogen and oxygen atoms in total. The van der Waals surface area contributed by atoms with Gasteiger partial charge in [-0.05, 0) is 36.2 Å². The lowest BCUT2D eigenvalue weighted by Crippen LogP contribution is -3.11. The van der Waals surface area contributed by atoms with Crippen LogP contribution in [0.3, 0.4) is 0 Å². The number of quaternary nitrogens is 1. The smallest absolute Gasteiger partial charge is 0.279 e. The molecule has 0 aliphatic carbocycles. The molecule has 1 aromatic carbocycles. The first-order valence-electron chi connectivity index (χ1n) is 8.52. The number of amides is 1. The predicted octanol–water partition coefficient (Wildman–Crippen LogP) is 1.95. The minimum absolute atomic E-state index is 0.102. The largest absolute Gasteiger partial charge is 0.350 e. The van der Waals surface area contributed by atoms with Gasteiger partial charge in [0.25, 0.3) is 5.91 Å². The third-order valence-electron chi connectivity index (χ3n) is 4.86. The van der Waals surface area contributed by atoms with E-state index in [1.807, 2.05) is 12.1 Å². The third kappa shape index (κ3) is 3.64. The highest BCUT2D eigenvalue weighted by Crippen LogP contribution is 2.19. The molecular formula is C19H26N3O+. The summed E-state index contributed by atoms with van der Waals surface area (Å²) in [5.74, 6) is 0.102. The van der Waals surface area contributed by atoms with Crippen molar-refractivity contribution in [1.82, 2.24) is 4.57 Å². The number of aryl methyl sites for hydroxylation is 2. The average Bonchev–Trinajstić information content (AvgIpc) is 3.16. The quantitative estimate of drug-likeness (QED) is 0.870. The molecule has 2 atom stereocenters. The number of rotatable bonds is 5. The van der Waals surface area contributed by atoms with Gasteiger partial charge in [-0.15, -0.1) is 0 Å². The summed E-state index contributed by atoms with van der Waals surface area (Å²) < 4.78 is 2.18. The number of nitrogens with one attached hydrogen (secondary N) is 2. The number of anilines is 1. The third-order valence-corrected chi connectivity index (χ3v) is 4.86. The van der Waals surface area contributed by atoms with Gasteiger partial charge in [0, 0.05) is 31.8 Å². The second-order valence-corrected chi connectivity index (χ2v) is 6.42. The fraction of sp³-hybridized carbons (Fsp3) is 0.421. The summed E-state index contributed by atoms with van der Waals surface area (Å²) >= 11 is 0. The van der Waals surface area contributed by atoms with Gasteiger partial charge in [-0.3, -0.25) is 4.79 Å². The fourth-order valence-electron chi connectivity index (χ4n) is 3.55. The zero-order valence-electron chi connectivity index (χ0n) is 14.0. The molecule has 1 unspecified atom stereocenters. The van der Waals surface area contributed by atoms with Crippen molar-refractivity contribution in [2.75, 3.05) is 18.4 Å². The Morgan fingerprint density at radius 1 is 1.30 bits per heavy atom. The Labute approximate surface area is 138 Å². The van der Waals surface area contributed by atoms with Crippen molar-refractivity contribution in [3.05, 3.63) is 53.9 Å². The lowest BCUT2D eigenvalue weighted by Gasteiger charge is -2.21. The number of likely N-dealkylation sites (tertiary alicyclic amines) is 1. The Hall–Kier alpha value is -2.07. The number of hydrogen-bond acceptors (Lipinski definition) is 1. The molecule has 1 saturated heterocycles. The minimum atomic E-state index is 0.102. The molecular weight excluding hydrogens is 286 g/mol. The van der Waals surface area contributed by atoms with Crippen LogP contribution in [0.5, 0.6) is 0 Å². The van der Waals surface area contributed by atoms with Crippen molar-refractivity contribution < 1.29 is 9.69 Å². The maximum atomic E-state index is 12.4. The van der Waals surface area contributed by atoms with E-state index in [0.29, 0.717) is 12.6 Å². The van der Waals surface area contributed by atoms with E-state index in [9.17, 15) is 4.79 Å². The molecule has 1 fully saturated rings. The lowest BCUT2D eigenvalue weighted by atomic mass is 10.1. The van der Waals surface area contributed by atoms with E-state index in [4.69, 9.17) is 0 Å². The number of carbonyl (C=O) groups is 1. The van der Waals surface area contributed by atoms with Crippen LogP contribution in [0.15, 0.2) is 42.6 Å². The molecule has 2 heterocycles. The molecule has 1 aliphatic rings. The Kier molecular flexibility index (Phi) is 4.82. The van der Waals surface area contributed by atoms with E-state index >= 15 is 0 Å². The van der Waals surface area contributed by atoms with E-state index in [-0.39, 0.29) is 5.91 Å². The summed E-state index contributed by atoms with van der Waals surface area (Å²) in [5.41, 5.74) is 3.51. The van der Waals surface area contributed by atoms with Gasteiger partial charge in [0.2, 0.25) is 0 Å². The van der Waals surface area contributed by atoms with Gasteiger partial charge in [-0.1, -0.05) is 19.1 Å². The number of benzene rings is 1. The van der Waals surface area contributed by atoms with Crippen LogP contribution in [0.4, 0.5) is 5.69 Å². The Morgan fingerprint density at radius 3 is 2.74 bits per heavy atom. The predicted molar refractivity (Wildman–Crippen MR) is 92.5 cm³/mol. The topological polar surface area (TPSA) is 38.5 Å². The maximum absolute atomic E-state index is 12.4. The zero-order chi connectivity index (χ0) is 16.2. The first-order valence-corrected chi connectivity index (χ1v) is 8.52. The molecule has 3 rings (SSSR count). The van der Waals surface area contributed by atoms with Crippen molar-refractivity contribution in [2.24, 2.45) is 7.05 Å². The summed E-state index contributed by atoms with van der Waals surface area (Å²) in [7, 11) is 2.08. The zero-order valence-corrected chi connectivity index (χ0v) is 14.0. The summed E-state index contributed by atoms with van der Waals surface area (Å²) in [6, 6.07) is 12.8. The normalized spacial score (nSPS) is 20.6. The highest BCUT2D eigenvalue weighted by atomic mass is 16.2. The van der Waals surface area contributed by atoms with E-state index in [2.05, 4.69) is 54.3 Å². The summed E-state index contributed by atoms with van der Waals surface area (Å²) in [6.45, 7) is 3.73. The summed E-state index contributed by atoms with van der Waals surface area (Å²) in [4.78, 5) is 13.8. The van der Waals surface area contributed by atoms with Crippen molar-refractivity contribution in [3.63, 3.8) is 0 Å². The van der Waals surface area contributed by atoms with Crippen LogP contribution < -0.4 is 10.2 Å². The van der Waals surface area contributed by atoms with E-state index in [1.54, 1.807) is 0 Å². The number of nitrogens with zero attached hydrogens (tertiary/aromatic N) is 1.